The fourth-order valence-corrected chi connectivity index (χ4v) is 3.00. The summed E-state index contributed by atoms with van der Waals surface area (Å²) in [6.45, 7) is 0. The third-order valence-corrected chi connectivity index (χ3v) is 4.04. The van der Waals surface area contributed by atoms with Crippen LogP contribution in [0.1, 0.15) is 34.3 Å². The average Bonchev–Trinajstić information content (AvgIpc) is 2.53. The molecule has 0 spiro atoms. The number of amides is 1. The number of fused-ring (bicyclic) bond motifs is 1. The molecule has 1 N–H and O–H groups in total. The topological polar surface area (TPSA) is 38.3 Å². The number of methoxy groups -OCH3 is 1. The Morgan fingerprint density at radius 3 is 2.64 bits per heavy atom. The summed E-state index contributed by atoms with van der Waals surface area (Å²) in [4.78, 5) is 12.5. The second-order valence-electron chi connectivity index (χ2n) is 5.44. The zero-order valence-corrected chi connectivity index (χ0v) is 12.5. The highest BCUT2D eigenvalue weighted by Gasteiger charge is 2.21. The van der Waals surface area contributed by atoms with Gasteiger partial charge in [0.1, 0.15) is 11.6 Å². The van der Waals surface area contributed by atoms with Crippen molar-refractivity contribution in [3.63, 3.8) is 0 Å². The summed E-state index contributed by atoms with van der Waals surface area (Å²) in [6, 6.07) is 9.55. The number of halogens is 1. The van der Waals surface area contributed by atoms with E-state index in [1.807, 2.05) is 6.07 Å². The zero-order valence-electron chi connectivity index (χ0n) is 12.5. The van der Waals surface area contributed by atoms with Crippen LogP contribution in [0.5, 0.6) is 5.75 Å². The predicted octanol–water partition coefficient (Wildman–Crippen LogP) is 3.97. The van der Waals surface area contributed by atoms with E-state index in [2.05, 4.69) is 5.32 Å². The van der Waals surface area contributed by atoms with Crippen LogP contribution in [0.3, 0.4) is 0 Å². The van der Waals surface area contributed by atoms with Crippen molar-refractivity contribution in [3.05, 3.63) is 58.9 Å². The maximum Gasteiger partial charge on any atom is 0.255 e. The van der Waals surface area contributed by atoms with E-state index in [-0.39, 0.29) is 11.7 Å². The van der Waals surface area contributed by atoms with E-state index in [4.69, 9.17) is 4.74 Å². The summed E-state index contributed by atoms with van der Waals surface area (Å²) < 4.78 is 18.6. The van der Waals surface area contributed by atoms with Crippen molar-refractivity contribution in [2.75, 3.05) is 12.4 Å². The number of nitrogens with one attached hydrogen (secondary N) is 1. The van der Waals surface area contributed by atoms with Crippen LogP contribution in [0.15, 0.2) is 36.4 Å². The molecule has 0 saturated heterocycles. The zero-order chi connectivity index (χ0) is 15.5. The molecule has 3 nitrogen and oxygen atoms in total. The molecule has 0 aromatic heterocycles. The lowest BCUT2D eigenvalue weighted by atomic mass is 9.87. The van der Waals surface area contributed by atoms with Crippen LogP contribution in [0.2, 0.25) is 0 Å². The van der Waals surface area contributed by atoms with Crippen molar-refractivity contribution in [3.8, 4) is 5.75 Å². The Morgan fingerprint density at radius 2 is 1.91 bits per heavy atom. The average molecular weight is 299 g/mol. The monoisotopic (exact) mass is 299 g/mol. The summed E-state index contributed by atoms with van der Waals surface area (Å²) >= 11 is 0. The van der Waals surface area contributed by atoms with Crippen molar-refractivity contribution < 1.29 is 13.9 Å². The summed E-state index contributed by atoms with van der Waals surface area (Å²) in [5.74, 6) is 0.276. The van der Waals surface area contributed by atoms with Crippen molar-refractivity contribution in [2.24, 2.45) is 0 Å². The second kappa shape index (κ2) is 6.18. The first-order valence-electron chi connectivity index (χ1n) is 7.44. The first-order chi connectivity index (χ1) is 10.7. The number of carbonyl (C=O) groups excluding carboxylic acids is 1. The number of carbonyl (C=O) groups is 1. The predicted molar refractivity (Wildman–Crippen MR) is 84.0 cm³/mol. The van der Waals surface area contributed by atoms with Gasteiger partial charge in [-0.25, -0.2) is 4.39 Å². The standard InChI is InChI=1S/C18H18FNO2/c1-22-17-10-9-16(14-7-2-3-8-15(14)17)18(21)20-13-6-4-5-12(19)11-13/h4-6,9-11H,2-3,7-8H2,1H3,(H,20,21). The molecule has 2 aromatic rings. The van der Waals surface area contributed by atoms with Crippen LogP contribution in [0.25, 0.3) is 0 Å². The number of anilines is 1. The van der Waals surface area contributed by atoms with E-state index < -0.39 is 0 Å². The Morgan fingerprint density at radius 1 is 1.14 bits per heavy atom. The molecule has 2 aromatic carbocycles. The normalized spacial score (nSPS) is 13.4. The molecule has 0 fully saturated rings. The van der Waals surface area contributed by atoms with Gasteiger partial charge in [-0.2, -0.15) is 0 Å². The molecule has 0 unspecified atom stereocenters. The van der Waals surface area contributed by atoms with Crippen LogP contribution in [-0.4, -0.2) is 13.0 Å². The van der Waals surface area contributed by atoms with Gasteiger partial charge < -0.3 is 10.1 Å². The molecule has 114 valence electrons. The van der Waals surface area contributed by atoms with Crippen molar-refractivity contribution in [2.45, 2.75) is 25.7 Å². The van der Waals surface area contributed by atoms with Crippen LogP contribution in [0, 0.1) is 5.82 Å². The van der Waals surface area contributed by atoms with Crippen LogP contribution in [-0.2, 0) is 12.8 Å². The first kappa shape index (κ1) is 14.6. The minimum Gasteiger partial charge on any atom is -0.496 e. The number of ether oxygens (including phenoxy) is 1. The third kappa shape index (κ3) is 2.82. The Balaban J connectivity index is 1.92. The second-order valence-corrected chi connectivity index (χ2v) is 5.44. The first-order valence-corrected chi connectivity index (χ1v) is 7.44. The van der Waals surface area contributed by atoms with Gasteiger partial charge in [0.2, 0.25) is 0 Å². The van der Waals surface area contributed by atoms with E-state index in [0.717, 1.165) is 42.6 Å². The number of hydrogen-bond donors (Lipinski definition) is 1. The van der Waals surface area contributed by atoms with Gasteiger partial charge in [0, 0.05) is 11.3 Å². The maximum atomic E-state index is 13.2. The van der Waals surface area contributed by atoms with E-state index in [1.54, 1.807) is 25.3 Å². The summed E-state index contributed by atoms with van der Waals surface area (Å²) in [7, 11) is 1.65. The molecule has 1 aliphatic carbocycles. The van der Waals surface area contributed by atoms with Crippen LogP contribution >= 0.6 is 0 Å². The number of hydrogen-bond acceptors (Lipinski definition) is 2. The smallest absolute Gasteiger partial charge is 0.255 e. The highest BCUT2D eigenvalue weighted by molar-refractivity contribution is 6.05. The largest absolute Gasteiger partial charge is 0.496 e. The fourth-order valence-electron chi connectivity index (χ4n) is 3.00. The maximum absolute atomic E-state index is 13.2. The third-order valence-electron chi connectivity index (χ3n) is 4.04. The van der Waals surface area contributed by atoms with Gasteiger partial charge in [0.05, 0.1) is 7.11 Å². The molecule has 4 heteroatoms. The lowest BCUT2D eigenvalue weighted by Gasteiger charge is -2.21. The van der Waals surface area contributed by atoms with Gasteiger partial charge in [-0.05, 0) is 67.1 Å². The summed E-state index contributed by atoms with van der Waals surface area (Å²) in [6.07, 6.45) is 3.98. The van der Waals surface area contributed by atoms with Gasteiger partial charge in [-0.1, -0.05) is 6.07 Å². The Labute approximate surface area is 129 Å². The Kier molecular flexibility index (Phi) is 4.09. The molecule has 0 radical (unpaired) electrons. The molecule has 3 rings (SSSR count). The lowest BCUT2D eigenvalue weighted by molar-refractivity contribution is 0.102. The molecule has 1 aliphatic rings. The quantitative estimate of drug-likeness (QED) is 0.931. The van der Waals surface area contributed by atoms with Crippen LogP contribution < -0.4 is 10.1 Å². The van der Waals surface area contributed by atoms with Crippen LogP contribution in [0.4, 0.5) is 10.1 Å². The van der Waals surface area contributed by atoms with Crippen molar-refractivity contribution in [1.29, 1.82) is 0 Å². The fraction of sp³-hybridized carbons (Fsp3) is 0.278. The number of benzene rings is 2. The molecule has 0 heterocycles. The molecule has 0 bridgehead atoms. The SMILES string of the molecule is COc1ccc(C(=O)Nc2cccc(F)c2)c2c1CCCC2. The van der Waals surface area contributed by atoms with Gasteiger partial charge in [-0.3, -0.25) is 4.79 Å². The molecule has 1 amide bonds. The summed E-state index contributed by atoms with van der Waals surface area (Å²) in [5, 5.41) is 2.77. The van der Waals surface area contributed by atoms with E-state index in [1.165, 1.54) is 12.1 Å². The highest BCUT2D eigenvalue weighted by atomic mass is 19.1. The van der Waals surface area contributed by atoms with Gasteiger partial charge in [0.25, 0.3) is 5.91 Å². The highest BCUT2D eigenvalue weighted by Crippen LogP contribution is 2.32. The molecule has 22 heavy (non-hydrogen) atoms. The number of rotatable bonds is 3. The van der Waals surface area contributed by atoms with E-state index in [0.29, 0.717) is 11.3 Å². The minimum atomic E-state index is -0.366. The Hall–Kier alpha value is -2.36. The molecule has 0 aliphatic heterocycles. The van der Waals surface area contributed by atoms with Gasteiger partial charge >= 0.3 is 0 Å². The summed E-state index contributed by atoms with van der Waals surface area (Å²) in [5.41, 5.74) is 3.30. The van der Waals surface area contributed by atoms with E-state index in [9.17, 15) is 9.18 Å². The molecular formula is C18H18FNO2. The van der Waals surface area contributed by atoms with E-state index >= 15 is 0 Å². The molecular weight excluding hydrogens is 281 g/mol. The molecule has 0 atom stereocenters. The Bertz CT molecular complexity index is 712. The van der Waals surface area contributed by atoms with Crippen molar-refractivity contribution >= 4 is 11.6 Å². The minimum absolute atomic E-state index is 0.202. The molecule has 0 saturated carbocycles. The van der Waals surface area contributed by atoms with Gasteiger partial charge in [-0.15, -0.1) is 0 Å². The van der Waals surface area contributed by atoms with Gasteiger partial charge in [0.15, 0.2) is 0 Å². The lowest BCUT2D eigenvalue weighted by Crippen LogP contribution is -2.17. The van der Waals surface area contributed by atoms with Crippen molar-refractivity contribution in [1.82, 2.24) is 0 Å².